The summed E-state index contributed by atoms with van der Waals surface area (Å²) in [5, 5.41) is 12.1. The van der Waals surface area contributed by atoms with Gasteiger partial charge in [-0.1, -0.05) is 30.3 Å². The van der Waals surface area contributed by atoms with Crippen LogP contribution >= 0.6 is 0 Å². The van der Waals surface area contributed by atoms with E-state index < -0.39 is 6.10 Å². The SMILES string of the molecule is COc1cccc(Cn2c3c(c4ccccc42)CCN(C)CC3O)c1. The fourth-order valence-electron chi connectivity index (χ4n) is 3.94. The molecule has 1 unspecified atom stereocenters. The van der Waals surface area contributed by atoms with E-state index in [1.54, 1.807) is 7.11 Å². The van der Waals surface area contributed by atoms with Crippen molar-refractivity contribution < 1.29 is 9.84 Å². The van der Waals surface area contributed by atoms with E-state index in [1.807, 2.05) is 12.1 Å². The minimum Gasteiger partial charge on any atom is -0.497 e. The highest BCUT2D eigenvalue weighted by Crippen LogP contribution is 2.34. The van der Waals surface area contributed by atoms with E-state index in [0.717, 1.165) is 31.0 Å². The number of benzene rings is 2. The molecular weight excluding hydrogens is 312 g/mol. The van der Waals surface area contributed by atoms with Crippen molar-refractivity contribution in [2.45, 2.75) is 19.1 Å². The number of rotatable bonds is 3. The smallest absolute Gasteiger partial charge is 0.119 e. The summed E-state index contributed by atoms with van der Waals surface area (Å²) in [5.74, 6) is 0.861. The molecule has 1 N–H and O–H groups in total. The van der Waals surface area contributed by atoms with E-state index in [4.69, 9.17) is 4.74 Å². The molecule has 4 heteroatoms. The van der Waals surface area contributed by atoms with Gasteiger partial charge in [-0.2, -0.15) is 0 Å². The number of para-hydroxylation sites is 1. The highest BCUT2D eigenvalue weighted by molar-refractivity contribution is 5.86. The van der Waals surface area contributed by atoms with Gasteiger partial charge >= 0.3 is 0 Å². The molecule has 0 fully saturated rings. The van der Waals surface area contributed by atoms with Crippen molar-refractivity contribution in [3.05, 3.63) is 65.4 Å². The number of methoxy groups -OCH3 is 1. The number of ether oxygens (including phenoxy) is 1. The molecule has 0 amide bonds. The lowest BCUT2D eigenvalue weighted by molar-refractivity contribution is 0.127. The number of likely N-dealkylation sites (N-methyl/N-ethyl adjacent to an activating group) is 1. The fraction of sp³-hybridized carbons (Fsp3) is 0.333. The normalized spacial score (nSPS) is 18.1. The zero-order valence-electron chi connectivity index (χ0n) is 14.8. The van der Waals surface area contributed by atoms with Gasteiger partial charge in [0.2, 0.25) is 0 Å². The molecular formula is C21H24N2O2. The second-order valence-electron chi connectivity index (χ2n) is 6.85. The highest BCUT2D eigenvalue weighted by atomic mass is 16.5. The van der Waals surface area contributed by atoms with Crippen LogP contribution in [0.5, 0.6) is 5.75 Å². The molecule has 0 bridgehead atoms. The van der Waals surface area contributed by atoms with Crippen molar-refractivity contribution in [3.63, 3.8) is 0 Å². The number of aliphatic hydroxyl groups is 1. The van der Waals surface area contributed by atoms with Gasteiger partial charge in [-0.25, -0.2) is 0 Å². The maximum absolute atomic E-state index is 10.9. The zero-order chi connectivity index (χ0) is 17.4. The van der Waals surface area contributed by atoms with Crippen LogP contribution in [-0.2, 0) is 13.0 Å². The fourth-order valence-corrected chi connectivity index (χ4v) is 3.94. The molecule has 2 aromatic carbocycles. The van der Waals surface area contributed by atoms with Crippen LogP contribution < -0.4 is 4.74 Å². The summed E-state index contributed by atoms with van der Waals surface area (Å²) in [6.07, 6.45) is 0.495. The Morgan fingerprint density at radius 1 is 1.16 bits per heavy atom. The molecule has 1 aromatic heterocycles. The highest BCUT2D eigenvalue weighted by Gasteiger charge is 2.26. The molecule has 4 rings (SSSR count). The van der Waals surface area contributed by atoms with Crippen LogP contribution in [0.25, 0.3) is 10.9 Å². The van der Waals surface area contributed by atoms with Gasteiger partial charge in [-0.05, 0) is 42.8 Å². The molecule has 1 atom stereocenters. The van der Waals surface area contributed by atoms with E-state index in [1.165, 1.54) is 22.0 Å². The van der Waals surface area contributed by atoms with Crippen molar-refractivity contribution in [2.75, 3.05) is 27.2 Å². The van der Waals surface area contributed by atoms with Crippen LogP contribution in [0.3, 0.4) is 0 Å². The van der Waals surface area contributed by atoms with E-state index in [9.17, 15) is 5.11 Å². The van der Waals surface area contributed by atoms with Gasteiger partial charge in [0.25, 0.3) is 0 Å². The van der Waals surface area contributed by atoms with Gasteiger partial charge < -0.3 is 19.3 Å². The lowest BCUT2D eigenvalue weighted by atomic mass is 10.1. The van der Waals surface area contributed by atoms with Crippen molar-refractivity contribution >= 4 is 10.9 Å². The summed E-state index contributed by atoms with van der Waals surface area (Å²) >= 11 is 0. The molecule has 0 aliphatic carbocycles. The number of aromatic nitrogens is 1. The van der Waals surface area contributed by atoms with Gasteiger partial charge in [-0.15, -0.1) is 0 Å². The first-order valence-corrected chi connectivity index (χ1v) is 8.77. The van der Waals surface area contributed by atoms with Crippen LogP contribution in [0.15, 0.2) is 48.5 Å². The van der Waals surface area contributed by atoms with Crippen LogP contribution in [0.1, 0.15) is 22.9 Å². The number of nitrogens with zero attached hydrogens (tertiary/aromatic N) is 2. The Hall–Kier alpha value is -2.30. The van der Waals surface area contributed by atoms with Crippen molar-refractivity contribution in [1.29, 1.82) is 0 Å². The van der Waals surface area contributed by atoms with E-state index in [-0.39, 0.29) is 0 Å². The summed E-state index contributed by atoms with van der Waals surface area (Å²) in [5.41, 5.74) is 4.72. The summed E-state index contributed by atoms with van der Waals surface area (Å²) in [4.78, 5) is 2.20. The van der Waals surface area contributed by atoms with Gasteiger partial charge in [0.15, 0.2) is 0 Å². The molecule has 0 saturated carbocycles. The largest absolute Gasteiger partial charge is 0.497 e. The molecule has 1 aliphatic heterocycles. The Morgan fingerprint density at radius 3 is 2.84 bits per heavy atom. The number of hydrogen-bond donors (Lipinski definition) is 1. The predicted molar refractivity (Wildman–Crippen MR) is 100 cm³/mol. The van der Waals surface area contributed by atoms with Gasteiger partial charge in [-0.3, -0.25) is 0 Å². The van der Waals surface area contributed by atoms with Gasteiger partial charge in [0, 0.05) is 30.5 Å². The Balaban J connectivity index is 1.86. The quantitative estimate of drug-likeness (QED) is 0.798. The van der Waals surface area contributed by atoms with Gasteiger partial charge in [0.05, 0.1) is 12.8 Å². The Kier molecular flexibility index (Phi) is 4.24. The first kappa shape index (κ1) is 16.2. The lowest BCUT2D eigenvalue weighted by Gasteiger charge is -2.19. The second-order valence-corrected chi connectivity index (χ2v) is 6.85. The molecule has 0 spiro atoms. The molecule has 3 aromatic rings. The van der Waals surface area contributed by atoms with Crippen molar-refractivity contribution in [1.82, 2.24) is 9.47 Å². The van der Waals surface area contributed by atoms with Crippen molar-refractivity contribution in [2.24, 2.45) is 0 Å². The Labute approximate surface area is 148 Å². The number of hydrogen-bond acceptors (Lipinski definition) is 3. The van der Waals surface area contributed by atoms with Crippen LogP contribution in [0, 0.1) is 0 Å². The summed E-state index contributed by atoms with van der Waals surface area (Å²) < 4.78 is 7.65. The monoisotopic (exact) mass is 336 g/mol. The third kappa shape index (κ3) is 2.92. The van der Waals surface area contributed by atoms with Gasteiger partial charge in [0.1, 0.15) is 11.9 Å². The number of aliphatic hydroxyl groups excluding tert-OH is 1. The third-order valence-electron chi connectivity index (χ3n) is 5.14. The Morgan fingerprint density at radius 2 is 2.00 bits per heavy atom. The first-order valence-electron chi connectivity index (χ1n) is 8.77. The molecule has 0 radical (unpaired) electrons. The molecule has 130 valence electrons. The summed E-state index contributed by atoms with van der Waals surface area (Å²) in [7, 11) is 3.76. The minimum absolute atomic E-state index is 0.472. The van der Waals surface area contributed by atoms with Crippen molar-refractivity contribution in [3.8, 4) is 5.75 Å². The van der Waals surface area contributed by atoms with E-state index in [2.05, 4.69) is 52.9 Å². The van der Waals surface area contributed by atoms with Crippen LogP contribution in [0.2, 0.25) is 0 Å². The average molecular weight is 336 g/mol. The van der Waals surface area contributed by atoms with E-state index >= 15 is 0 Å². The molecule has 1 aliphatic rings. The molecule has 0 saturated heterocycles. The predicted octanol–water partition coefficient (Wildman–Crippen LogP) is 3.22. The second kappa shape index (κ2) is 6.54. The molecule has 25 heavy (non-hydrogen) atoms. The lowest BCUT2D eigenvalue weighted by Crippen LogP contribution is -2.24. The first-order chi connectivity index (χ1) is 12.2. The minimum atomic E-state index is -0.472. The molecule has 2 heterocycles. The number of fused-ring (bicyclic) bond motifs is 3. The average Bonchev–Trinajstić information content (AvgIpc) is 2.85. The standard InChI is InChI=1S/C21H24N2O2/c1-22-11-10-18-17-8-3-4-9-19(17)23(21(18)20(24)14-22)13-15-6-5-7-16(12-15)25-2/h3-9,12,20,24H,10-11,13-14H2,1-2H3. The zero-order valence-corrected chi connectivity index (χ0v) is 14.8. The maximum Gasteiger partial charge on any atom is 0.119 e. The molecule has 4 nitrogen and oxygen atoms in total. The Bertz CT molecular complexity index is 900. The third-order valence-corrected chi connectivity index (χ3v) is 5.14. The van der Waals surface area contributed by atoms with Crippen LogP contribution in [-0.4, -0.2) is 41.8 Å². The summed E-state index contributed by atoms with van der Waals surface area (Å²) in [6.45, 7) is 2.37. The summed E-state index contributed by atoms with van der Waals surface area (Å²) in [6, 6.07) is 16.6. The van der Waals surface area contributed by atoms with E-state index in [0.29, 0.717) is 6.54 Å². The topological polar surface area (TPSA) is 37.6 Å². The maximum atomic E-state index is 10.9. The van der Waals surface area contributed by atoms with Crippen LogP contribution in [0.4, 0.5) is 0 Å². The number of β-amino-alcohol motifs (C(OH)–C–C–N with tert-alkyl or cyclic N) is 1.